The molecule has 2 aromatic heterocycles. The van der Waals surface area contributed by atoms with Crippen molar-refractivity contribution in [3.63, 3.8) is 0 Å². The average Bonchev–Trinajstić information content (AvgIpc) is 2.92. The van der Waals surface area contributed by atoms with Gasteiger partial charge >= 0.3 is 0 Å². The van der Waals surface area contributed by atoms with Gasteiger partial charge in [0.05, 0.1) is 7.11 Å². The van der Waals surface area contributed by atoms with Crippen LogP contribution in [0.2, 0.25) is 0 Å². The highest BCUT2D eigenvalue weighted by Crippen LogP contribution is 2.27. The maximum Gasteiger partial charge on any atom is 0.119 e. The number of aromatic amines is 1. The molecule has 2 heterocycles. The van der Waals surface area contributed by atoms with E-state index < -0.39 is 0 Å². The Morgan fingerprint density at radius 3 is 2.86 bits per heavy atom. The number of nitrogens with one attached hydrogen (secondary N) is 1. The fourth-order valence-electron chi connectivity index (χ4n) is 2.29. The van der Waals surface area contributed by atoms with Crippen LogP contribution in [-0.2, 0) is 0 Å². The third-order valence-electron chi connectivity index (χ3n) is 3.46. The van der Waals surface area contributed by atoms with Crippen LogP contribution in [0.5, 0.6) is 5.75 Å². The number of methoxy groups -OCH3 is 1. The Morgan fingerprint density at radius 2 is 2.14 bits per heavy atom. The Balaban J connectivity index is 2.04. The monoisotopic (exact) mass is 279 g/mol. The summed E-state index contributed by atoms with van der Waals surface area (Å²) in [5.41, 5.74) is 10.9. The summed E-state index contributed by atoms with van der Waals surface area (Å²) in [6.07, 6.45) is 5.66. The van der Waals surface area contributed by atoms with Crippen LogP contribution in [0.15, 0.2) is 42.7 Å². The minimum atomic E-state index is 0.695. The molecule has 0 spiro atoms. The molecule has 0 aliphatic carbocycles. The lowest BCUT2D eigenvalue weighted by Crippen LogP contribution is -1.95. The third kappa shape index (κ3) is 2.60. The van der Waals surface area contributed by atoms with Gasteiger partial charge in [-0.1, -0.05) is 6.07 Å². The summed E-state index contributed by atoms with van der Waals surface area (Å²) in [6.45, 7) is 1.96. The standard InChI is InChI=1S/C17H17N3O/c1-11-3-4-12(9-19-11)7-16(18)15-10-20-17-6-5-13(21-2)8-14(15)17/h3-10,20H,18H2,1-2H3/b16-7-. The molecule has 0 atom stereocenters. The van der Waals surface area contributed by atoms with Crippen molar-refractivity contribution < 1.29 is 4.74 Å². The van der Waals surface area contributed by atoms with E-state index in [1.54, 1.807) is 7.11 Å². The van der Waals surface area contributed by atoms with Gasteiger partial charge in [0.25, 0.3) is 0 Å². The van der Waals surface area contributed by atoms with Crippen molar-refractivity contribution in [1.82, 2.24) is 9.97 Å². The molecule has 3 N–H and O–H groups in total. The van der Waals surface area contributed by atoms with Crippen molar-refractivity contribution in [3.05, 3.63) is 59.5 Å². The number of benzene rings is 1. The van der Waals surface area contributed by atoms with Gasteiger partial charge in [-0.3, -0.25) is 4.98 Å². The highest BCUT2D eigenvalue weighted by atomic mass is 16.5. The molecule has 0 unspecified atom stereocenters. The normalized spacial score (nSPS) is 11.8. The molecule has 0 saturated heterocycles. The highest BCUT2D eigenvalue weighted by Gasteiger charge is 2.07. The zero-order valence-electron chi connectivity index (χ0n) is 12.1. The molecule has 0 amide bonds. The minimum absolute atomic E-state index is 0.695. The lowest BCUT2D eigenvalue weighted by Gasteiger charge is -2.03. The van der Waals surface area contributed by atoms with E-state index in [0.717, 1.165) is 33.5 Å². The number of fused-ring (bicyclic) bond motifs is 1. The lowest BCUT2D eigenvalue weighted by atomic mass is 10.1. The number of hydrogen-bond acceptors (Lipinski definition) is 3. The molecule has 0 fully saturated rings. The van der Waals surface area contributed by atoms with Crippen LogP contribution in [0, 0.1) is 6.92 Å². The Kier molecular flexibility index (Phi) is 3.36. The second-order valence-electron chi connectivity index (χ2n) is 4.95. The van der Waals surface area contributed by atoms with Crippen LogP contribution < -0.4 is 10.5 Å². The van der Waals surface area contributed by atoms with Gasteiger partial charge in [0.15, 0.2) is 0 Å². The number of nitrogens with two attached hydrogens (primary N) is 1. The number of H-pyrrole nitrogens is 1. The molecule has 1 aromatic carbocycles. The number of pyridine rings is 1. The molecule has 106 valence electrons. The fourth-order valence-corrected chi connectivity index (χ4v) is 2.29. The van der Waals surface area contributed by atoms with Crippen LogP contribution >= 0.6 is 0 Å². The van der Waals surface area contributed by atoms with Crippen LogP contribution in [0.25, 0.3) is 22.7 Å². The van der Waals surface area contributed by atoms with E-state index in [2.05, 4.69) is 9.97 Å². The van der Waals surface area contributed by atoms with Gasteiger partial charge in [0, 0.05) is 40.3 Å². The Hall–Kier alpha value is -2.75. The summed E-state index contributed by atoms with van der Waals surface area (Å²) in [7, 11) is 1.66. The first-order chi connectivity index (χ1) is 10.2. The first-order valence-electron chi connectivity index (χ1n) is 6.72. The first-order valence-corrected chi connectivity index (χ1v) is 6.72. The van der Waals surface area contributed by atoms with Crippen LogP contribution in [0.3, 0.4) is 0 Å². The van der Waals surface area contributed by atoms with Crippen molar-refractivity contribution in [1.29, 1.82) is 0 Å². The van der Waals surface area contributed by atoms with Crippen molar-refractivity contribution in [3.8, 4) is 5.75 Å². The Labute approximate surface area is 123 Å². The molecule has 21 heavy (non-hydrogen) atoms. The van der Waals surface area contributed by atoms with Crippen LogP contribution in [0.4, 0.5) is 0 Å². The number of rotatable bonds is 3. The van der Waals surface area contributed by atoms with Crippen molar-refractivity contribution in [2.75, 3.05) is 7.11 Å². The SMILES string of the molecule is COc1ccc2[nH]cc(/C(N)=C/c3ccc(C)nc3)c2c1. The maximum absolute atomic E-state index is 6.24. The molecule has 0 bridgehead atoms. The van der Waals surface area contributed by atoms with Gasteiger partial charge in [0.2, 0.25) is 0 Å². The molecule has 4 nitrogen and oxygen atoms in total. The van der Waals surface area contributed by atoms with Crippen molar-refractivity contribution in [2.24, 2.45) is 5.73 Å². The molecule has 3 aromatic rings. The average molecular weight is 279 g/mol. The van der Waals surface area contributed by atoms with E-state index in [1.165, 1.54) is 0 Å². The molecular weight excluding hydrogens is 262 g/mol. The lowest BCUT2D eigenvalue weighted by molar-refractivity contribution is 0.415. The molecule has 0 radical (unpaired) electrons. The van der Waals surface area contributed by atoms with Crippen molar-refractivity contribution in [2.45, 2.75) is 6.92 Å². The first kappa shape index (κ1) is 13.2. The summed E-state index contributed by atoms with van der Waals surface area (Å²) in [6, 6.07) is 9.86. The zero-order valence-corrected chi connectivity index (χ0v) is 12.1. The Bertz CT molecular complexity index is 801. The number of aryl methyl sites for hydroxylation is 1. The maximum atomic E-state index is 6.24. The summed E-state index contributed by atoms with van der Waals surface area (Å²) in [5.74, 6) is 0.813. The number of hydrogen-bond donors (Lipinski definition) is 2. The highest BCUT2D eigenvalue weighted by molar-refractivity contribution is 5.96. The fraction of sp³-hybridized carbons (Fsp3) is 0.118. The second kappa shape index (κ2) is 5.32. The molecule has 4 heteroatoms. The topological polar surface area (TPSA) is 63.9 Å². The summed E-state index contributed by atoms with van der Waals surface area (Å²) >= 11 is 0. The summed E-state index contributed by atoms with van der Waals surface area (Å²) in [4.78, 5) is 7.50. The van der Waals surface area contributed by atoms with Crippen LogP contribution in [0.1, 0.15) is 16.8 Å². The van der Waals surface area contributed by atoms with Gasteiger partial charge < -0.3 is 15.5 Å². The molecule has 0 aliphatic heterocycles. The second-order valence-corrected chi connectivity index (χ2v) is 4.95. The van der Waals surface area contributed by atoms with E-state index in [1.807, 2.05) is 55.7 Å². The third-order valence-corrected chi connectivity index (χ3v) is 3.46. The number of nitrogens with zero attached hydrogens (tertiary/aromatic N) is 1. The molecule has 3 rings (SSSR count). The van der Waals surface area contributed by atoms with Crippen molar-refractivity contribution >= 4 is 22.7 Å². The van der Waals surface area contributed by atoms with E-state index >= 15 is 0 Å². The van der Waals surface area contributed by atoms with E-state index in [4.69, 9.17) is 10.5 Å². The van der Waals surface area contributed by atoms with E-state index in [9.17, 15) is 0 Å². The van der Waals surface area contributed by atoms with Crippen LogP contribution in [-0.4, -0.2) is 17.1 Å². The largest absolute Gasteiger partial charge is 0.497 e. The predicted octanol–water partition coefficient (Wildman–Crippen LogP) is 3.34. The number of ether oxygens (including phenoxy) is 1. The van der Waals surface area contributed by atoms with E-state index in [0.29, 0.717) is 5.70 Å². The molecule has 0 saturated carbocycles. The minimum Gasteiger partial charge on any atom is -0.497 e. The molecule has 0 aliphatic rings. The zero-order chi connectivity index (χ0) is 14.8. The summed E-state index contributed by atoms with van der Waals surface area (Å²) in [5, 5.41) is 1.04. The molecular formula is C17H17N3O. The smallest absolute Gasteiger partial charge is 0.119 e. The van der Waals surface area contributed by atoms with Gasteiger partial charge in [-0.25, -0.2) is 0 Å². The van der Waals surface area contributed by atoms with Gasteiger partial charge in [-0.2, -0.15) is 0 Å². The van der Waals surface area contributed by atoms with E-state index in [-0.39, 0.29) is 0 Å². The number of aromatic nitrogens is 2. The van der Waals surface area contributed by atoms with Gasteiger partial charge in [-0.05, 0) is 42.8 Å². The Morgan fingerprint density at radius 1 is 1.29 bits per heavy atom. The van der Waals surface area contributed by atoms with Gasteiger partial charge in [0.1, 0.15) is 5.75 Å². The predicted molar refractivity (Wildman–Crippen MR) is 85.9 cm³/mol. The summed E-state index contributed by atoms with van der Waals surface area (Å²) < 4.78 is 5.27. The van der Waals surface area contributed by atoms with Gasteiger partial charge in [-0.15, -0.1) is 0 Å². The quantitative estimate of drug-likeness (QED) is 0.773.